The monoisotopic (exact) mass is 478 g/mol. The predicted octanol–water partition coefficient (Wildman–Crippen LogP) is 5.52. The number of aromatic nitrogens is 5. The molecule has 0 spiro atoms. The van der Waals surface area contributed by atoms with Crippen LogP contribution in [0.1, 0.15) is 33.8 Å². The fraction of sp³-hybridized carbons (Fsp3) is 0.241. The molecule has 0 atom stereocenters. The Morgan fingerprint density at radius 1 is 0.806 bits per heavy atom. The van der Waals surface area contributed by atoms with Crippen LogP contribution < -0.4 is 5.32 Å². The molecule has 0 saturated heterocycles. The quantitative estimate of drug-likeness (QED) is 0.348. The lowest BCUT2D eigenvalue weighted by atomic mass is 10.0. The highest BCUT2D eigenvalue weighted by Crippen LogP contribution is 2.30. The molecule has 2 aromatic carbocycles. The van der Waals surface area contributed by atoms with Crippen molar-refractivity contribution in [2.24, 2.45) is 0 Å². The average molecular weight is 479 g/mol. The molecule has 1 amide bonds. The SMILES string of the molecule is Cc1ccc(Cn2nc(C)c(NC(=O)Cn3nc(C)c4c(-c5ccc(C)cc5)ccnc43)c2C)cc1. The number of nitrogens with zero attached hydrogens (tertiary/aromatic N) is 5. The number of pyridine rings is 1. The van der Waals surface area contributed by atoms with Crippen molar-refractivity contribution >= 4 is 22.6 Å². The van der Waals surface area contributed by atoms with Gasteiger partial charge in [-0.2, -0.15) is 10.2 Å². The molecule has 0 aliphatic heterocycles. The molecule has 7 heteroatoms. The molecule has 0 aliphatic carbocycles. The van der Waals surface area contributed by atoms with Crippen LogP contribution in [-0.4, -0.2) is 30.5 Å². The Morgan fingerprint density at radius 2 is 1.44 bits per heavy atom. The second kappa shape index (κ2) is 9.41. The van der Waals surface area contributed by atoms with Crippen molar-refractivity contribution < 1.29 is 4.79 Å². The summed E-state index contributed by atoms with van der Waals surface area (Å²) in [5.41, 5.74) is 9.76. The van der Waals surface area contributed by atoms with Gasteiger partial charge in [0.2, 0.25) is 5.91 Å². The maximum absolute atomic E-state index is 13.1. The summed E-state index contributed by atoms with van der Waals surface area (Å²) in [6, 6.07) is 18.8. The zero-order chi connectivity index (χ0) is 25.4. The van der Waals surface area contributed by atoms with E-state index in [2.05, 4.69) is 82.9 Å². The molecule has 0 radical (unpaired) electrons. The third-order valence-corrected chi connectivity index (χ3v) is 6.56. The van der Waals surface area contributed by atoms with E-state index >= 15 is 0 Å². The average Bonchev–Trinajstić information content (AvgIpc) is 3.31. The first-order valence-corrected chi connectivity index (χ1v) is 12.1. The first-order valence-electron chi connectivity index (χ1n) is 12.1. The van der Waals surface area contributed by atoms with Crippen LogP contribution >= 0.6 is 0 Å². The third kappa shape index (κ3) is 4.52. The highest BCUT2D eigenvalue weighted by molar-refractivity contribution is 5.96. The second-order valence-corrected chi connectivity index (χ2v) is 9.40. The van der Waals surface area contributed by atoms with Crippen LogP contribution in [0.5, 0.6) is 0 Å². The lowest BCUT2D eigenvalue weighted by Crippen LogP contribution is -2.20. The summed E-state index contributed by atoms with van der Waals surface area (Å²) in [6.45, 7) is 10.7. The Labute approximate surface area is 210 Å². The summed E-state index contributed by atoms with van der Waals surface area (Å²) in [7, 11) is 0. The molecule has 3 aromatic heterocycles. The highest BCUT2D eigenvalue weighted by Gasteiger charge is 2.18. The van der Waals surface area contributed by atoms with Crippen LogP contribution in [0.15, 0.2) is 60.8 Å². The molecule has 1 N–H and O–H groups in total. The number of aryl methyl sites for hydroxylation is 4. The van der Waals surface area contributed by atoms with E-state index in [1.165, 1.54) is 11.1 Å². The molecule has 0 fully saturated rings. The van der Waals surface area contributed by atoms with E-state index in [4.69, 9.17) is 0 Å². The Bertz CT molecular complexity index is 1560. The van der Waals surface area contributed by atoms with Crippen molar-refractivity contribution in [1.82, 2.24) is 24.5 Å². The van der Waals surface area contributed by atoms with E-state index in [1.54, 1.807) is 10.9 Å². The first kappa shape index (κ1) is 23.5. The highest BCUT2D eigenvalue weighted by atomic mass is 16.2. The fourth-order valence-electron chi connectivity index (χ4n) is 4.58. The summed E-state index contributed by atoms with van der Waals surface area (Å²) in [5, 5.41) is 13.3. The van der Waals surface area contributed by atoms with Crippen LogP contribution in [0.4, 0.5) is 5.69 Å². The molecule has 0 bridgehead atoms. The van der Waals surface area contributed by atoms with Gasteiger partial charge in [0.25, 0.3) is 0 Å². The van der Waals surface area contributed by atoms with Crippen LogP contribution in [0, 0.1) is 34.6 Å². The number of fused-ring (bicyclic) bond motifs is 1. The van der Waals surface area contributed by atoms with Crippen LogP contribution in [0.2, 0.25) is 0 Å². The topological polar surface area (TPSA) is 77.6 Å². The fourth-order valence-corrected chi connectivity index (χ4v) is 4.58. The molecule has 0 unspecified atom stereocenters. The molecule has 182 valence electrons. The van der Waals surface area contributed by atoms with E-state index in [9.17, 15) is 4.79 Å². The molecule has 5 aromatic rings. The molecule has 36 heavy (non-hydrogen) atoms. The van der Waals surface area contributed by atoms with Gasteiger partial charge in [-0.3, -0.25) is 9.48 Å². The third-order valence-electron chi connectivity index (χ3n) is 6.56. The van der Waals surface area contributed by atoms with Crippen molar-refractivity contribution in [2.45, 2.75) is 47.7 Å². The van der Waals surface area contributed by atoms with Gasteiger partial charge in [-0.05, 0) is 57.4 Å². The zero-order valence-corrected chi connectivity index (χ0v) is 21.3. The Balaban J connectivity index is 1.38. The first-order chi connectivity index (χ1) is 17.3. The summed E-state index contributed by atoms with van der Waals surface area (Å²) in [5.74, 6) is -0.164. The van der Waals surface area contributed by atoms with Gasteiger partial charge in [-0.15, -0.1) is 0 Å². The number of anilines is 1. The van der Waals surface area contributed by atoms with Gasteiger partial charge < -0.3 is 5.32 Å². The number of hydrogen-bond donors (Lipinski definition) is 1. The van der Waals surface area contributed by atoms with Crippen molar-refractivity contribution in [2.75, 3.05) is 5.32 Å². The van der Waals surface area contributed by atoms with E-state index < -0.39 is 0 Å². The van der Waals surface area contributed by atoms with Crippen LogP contribution in [0.3, 0.4) is 0 Å². The minimum absolute atomic E-state index is 0.0662. The minimum atomic E-state index is -0.164. The zero-order valence-electron chi connectivity index (χ0n) is 21.3. The van der Waals surface area contributed by atoms with Gasteiger partial charge in [0.15, 0.2) is 5.65 Å². The van der Waals surface area contributed by atoms with Gasteiger partial charge in [0, 0.05) is 11.6 Å². The van der Waals surface area contributed by atoms with E-state index in [1.807, 2.05) is 31.5 Å². The largest absolute Gasteiger partial charge is 0.321 e. The molecular formula is C29H30N6O. The lowest BCUT2D eigenvalue weighted by Gasteiger charge is -2.08. The van der Waals surface area contributed by atoms with Crippen molar-refractivity contribution in [1.29, 1.82) is 0 Å². The van der Waals surface area contributed by atoms with E-state index in [0.717, 1.165) is 44.8 Å². The van der Waals surface area contributed by atoms with Crippen molar-refractivity contribution in [3.8, 4) is 11.1 Å². The molecule has 0 aliphatic rings. The van der Waals surface area contributed by atoms with Gasteiger partial charge >= 0.3 is 0 Å². The number of hydrogen-bond acceptors (Lipinski definition) is 4. The molecule has 0 saturated carbocycles. The number of amides is 1. The van der Waals surface area contributed by atoms with Gasteiger partial charge in [0.1, 0.15) is 6.54 Å². The van der Waals surface area contributed by atoms with Gasteiger partial charge in [-0.1, -0.05) is 59.7 Å². The molecule has 3 heterocycles. The smallest absolute Gasteiger partial charge is 0.246 e. The summed E-state index contributed by atoms with van der Waals surface area (Å²) in [6.07, 6.45) is 1.77. The van der Waals surface area contributed by atoms with E-state index in [0.29, 0.717) is 12.2 Å². The number of rotatable bonds is 6. The summed E-state index contributed by atoms with van der Waals surface area (Å²) < 4.78 is 3.61. The molecular weight excluding hydrogens is 448 g/mol. The number of benzene rings is 2. The normalized spacial score (nSPS) is 11.2. The standard InChI is InChI=1S/C29H30N6O/c1-18-6-10-23(11-7-18)16-34-22(5)28(21(4)33-34)31-26(36)17-35-29-27(20(3)32-35)25(14-15-30-29)24-12-8-19(2)9-13-24/h6-15H,16-17H2,1-5H3,(H,31,36). The summed E-state index contributed by atoms with van der Waals surface area (Å²) >= 11 is 0. The Hall–Kier alpha value is -4.26. The predicted molar refractivity (Wildman–Crippen MR) is 143 cm³/mol. The minimum Gasteiger partial charge on any atom is -0.321 e. The maximum atomic E-state index is 13.1. The lowest BCUT2D eigenvalue weighted by molar-refractivity contribution is -0.116. The molecule has 7 nitrogen and oxygen atoms in total. The van der Waals surface area contributed by atoms with E-state index in [-0.39, 0.29) is 12.5 Å². The molecule has 5 rings (SSSR count). The van der Waals surface area contributed by atoms with Crippen LogP contribution in [-0.2, 0) is 17.9 Å². The van der Waals surface area contributed by atoms with Crippen LogP contribution in [0.25, 0.3) is 22.2 Å². The number of nitrogens with one attached hydrogen (secondary N) is 1. The Kier molecular flexibility index (Phi) is 6.14. The Morgan fingerprint density at radius 3 is 2.14 bits per heavy atom. The van der Waals surface area contributed by atoms with Crippen molar-refractivity contribution in [3.05, 3.63) is 94.6 Å². The maximum Gasteiger partial charge on any atom is 0.246 e. The second-order valence-electron chi connectivity index (χ2n) is 9.40. The summed E-state index contributed by atoms with van der Waals surface area (Å²) in [4.78, 5) is 17.7. The van der Waals surface area contributed by atoms with Gasteiger partial charge in [0.05, 0.1) is 29.3 Å². The number of carbonyl (C=O) groups is 1. The number of carbonyl (C=O) groups excluding carboxylic acids is 1. The van der Waals surface area contributed by atoms with Gasteiger partial charge in [-0.25, -0.2) is 9.67 Å². The van der Waals surface area contributed by atoms with Crippen molar-refractivity contribution in [3.63, 3.8) is 0 Å².